The zero-order chi connectivity index (χ0) is 17.9. The predicted octanol–water partition coefficient (Wildman–Crippen LogP) is 3.40. The maximum absolute atomic E-state index is 6.34. The summed E-state index contributed by atoms with van der Waals surface area (Å²) in [5, 5.41) is 5.60. The van der Waals surface area contributed by atoms with E-state index in [1.54, 1.807) is 13.4 Å². The fourth-order valence-electron chi connectivity index (χ4n) is 3.45. The van der Waals surface area contributed by atoms with Gasteiger partial charge in [-0.05, 0) is 11.6 Å². The van der Waals surface area contributed by atoms with Crippen molar-refractivity contribution < 1.29 is 9.15 Å². The Morgan fingerprint density at radius 2 is 2.19 bits per heavy atom. The van der Waals surface area contributed by atoms with Gasteiger partial charge >= 0.3 is 0 Å². The summed E-state index contributed by atoms with van der Waals surface area (Å²) >= 11 is 6.34. The molecular formula is C19H21ClN4O2. The van der Waals surface area contributed by atoms with Gasteiger partial charge in [-0.15, -0.1) is 0 Å². The van der Waals surface area contributed by atoms with Gasteiger partial charge in [0.25, 0.3) is 0 Å². The minimum absolute atomic E-state index is 0.635. The molecule has 0 atom stereocenters. The van der Waals surface area contributed by atoms with Crippen molar-refractivity contribution in [1.29, 1.82) is 0 Å². The van der Waals surface area contributed by atoms with Gasteiger partial charge in [0.15, 0.2) is 6.39 Å². The summed E-state index contributed by atoms with van der Waals surface area (Å²) in [4.78, 5) is 6.70. The van der Waals surface area contributed by atoms with Crippen LogP contribution in [0.2, 0.25) is 5.02 Å². The highest BCUT2D eigenvalue weighted by Gasteiger charge is 2.26. The zero-order valence-corrected chi connectivity index (χ0v) is 15.4. The van der Waals surface area contributed by atoms with Crippen LogP contribution in [0.1, 0.15) is 16.8 Å². The van der Waals surface area contributed by atoms with Crippen LogP contribution in [0.25, 0.3) is 11.4 Å². The van der Waals surface area contributed by atoms with Crippen molar-refractivity contribution in [2.75, 3.05) is 20.3 Å². The van der Waals surface area contributed by atoms with Crippen LogP contribution in [-0.4, -0.2) is 39.9 Å². The summed E-state index contributed by atoms with van der Waals surface area (Å²) < 4.78 is 12.5. The van der Waals surface area contributed by atoms with Crippen molar-refractivity contribution in [3.63, 3.8) is 0 Å². The summed E-state index contributed by atoms with van der Waals surface area (Å²) in [5.41, 5.74) is 5.29. The van der Waals surface area contributed by atoms with E-state index in [-0.39, 0.29) is 0 Å². The highest BCUT2D eigenvalue weighted by molar-refractivity contribution is 6.31. The molecule has 7 heteroatoms. The first-order chi connectivity index (χ1) is 12.8. The van der Waals surface area contributed by atoms with Crippen LogP contribution in [0.4, 0.5) is 0 Å². The summed E-state index contributed by atoms with van der Waals surface area (Å²) in [7, 11) is 1.71. The second-order valence-electron chi connectivity index (χ2n) is 6.42. The first kappa shape index (κ1) is 17.3. The molecule has 0 saturated heterocycles. The van der Waals surface area contributed by atoms with Crippen molar-refractivity contribution in [1.82, 2.24) is 19.7 Å². The number of oxazole rings is 1. The maximum atomic E-state index is 6.34. The molecule has 4 rings (SSSR count). The number of methoxy groups -OCH3 is 1. The molecule has 1 aliphatic heterocycles. The van der Waals surface area contributed by atoms with Crippen LogP contribution in [-0.2, 0) is 30.8 Å². The van der Waals surface area contributed by atoms with E-state index in [1.807, 2.05) is 18.2 Å². The number of nitrogens with zero attached hydrogens (tertiary/aromatic N) is 4. The van der Waals surface area contributed by atoms with Crippen molar-refractivity contribution in [2.45, 2.75) is 26.1 Å². The van der Waals surface area contributed by atoms with Gasteiger partial charge in [0.1, 0.15) is 17.7 Å². The summed E-state index contributed by atoms with van der Waals surface area (Å²) in [6, 6.07) is 8.01. The summed E-state index contributed by atoms with van der Waals surface area (Å²) in [6.45, 7) is 3.97. The van der Waals surface area contributed by atoms with E-state index < -0.39 is 0 Å². The molecule has 0 bridgehead atoms. The van der Waals surface area contributed by atoms with E-state index in [0.717, 1.165) is 54.6 Å². The minimum Gasteiger partial charge on any atom is -0.451 e. The highest BCUT2D eigenvalue weighted by Crippen LogP contribution is 2.30. The molecule has 6 nitrogen and oxygen atoms in total. The smallest absolute Gasteiger partial charge is 0.181 e. The van der Waals surface area contributed by atoms with Crippen LogP contribution >= 0.6 is 11.6 Å². The Labute approximate surface area is 157 Å². The molecule has 3 heterocycles. The summed E-state index contributed by atoms with van der Waals surface area (Å²) in [6.07, 6.45) is 4.03. The number of aromatic nitrogens is 3. The zero-order valence-electron chi connectivity index (χ0n) is 14.7. The Morgan fingerprint density at radius 1 is 1.31 bits per heavy atom. The molecule has 0 spiro atoms. The van der Waals surface area contributed by atoms with E-state index in [0.29, 0.717) is 6.61 Å². The van der Waals surface area contributed by atoms with Crippen LogP contribution < -0.4 is 0 Å². The third-order valence-electron chi connectivity index (χ3n) is 4.75. The molecule has 0 saturated carbocycles. The average Bonchev–Trinajstić information content (AvgIpc) is 3.29. The Morgan fingerprint density at radius 3 is 2.96 bits per heavy atom. The number of hydrogen-bond acceptors (Lipinski definition) is 5. The maximum Gasteiger partial charge on any atom is 0.181 e. The molecule has 1 aliphatic rings. The lowest BCUT2D eigenvalue weighted by Crippen LogP contribution is -2.31. The minimum atomic E-state index is 0.635. The number of hydrogen-bond donors (Lipinski definition) is 0. The monoisotopic (exact) mass is 372 g/mol. The van der Waals surface area contributed by atoms with E-state index in [2.05, 4.69) is 20.6 Å². The Balaban J connectivity index is 1.62. The molecule has 136 valence electrons. The molecule has 26 heavy (non-hydrogen) atoms. The predicted molar refractivity (Wildman–Crippen MR) is 98.9 cm³/mol. The normalized spacial score (nSPS) is 14.5. The topological polar surface area (TPSA) is 56.3 Å². The Kier molecular flexibility index (Phi) is 5.06. The highest BCUT2D eigenvalue weighted by atomic mass is 35.5. The van der Waals surface area contributed by atoms with Gasteiger partial charge < -0.3 is 9.15 Å². The largest absolute Gasteiger partial charge is 0.451 e. The molecule has 3 aromatic rings. The van der Waals surface area contributed by atoms with Crippen LogP contribution in [0.5, 0.6) is 0 Å². The second kappa shape index (κ2) is 7.61. The quantitative estimate of drug-likeness (QED) is 0.663. The Bertz CT molecular complexity index is 876. The molecule has 0 radical (unpaired) electrons. The van der Waals surface area contributed by atoms with Gasteiger partial charge in [0.05, 0.1) is 13.2 Å². The van der Waals surface area contributed by atoms with Crippen molar-refractivity contribution in [3.05, 3.63) is 58.8 Å². The third-order valence-corrected chi connectivity index (χ3v) is 5.12. The van der Waals surface area contributed by atoms with Crippen molar-refractivity contribution >= 4 is 11.6 Å². The molecule has 0 fully saturated rings. The number of halogens is 1. The standard InChI is InChI=1S/C19H21ClN4O2/c1-25-9-8-24-18-6-7-23(10-14-4-2-3-5-16(14)20)11-15(18)19(22-24)17-12-26-13-21-17/h2-5,12-13H,6-11H2,1H3. The fourth-order valence-corrected chi connectivity index (χ4v) is 3.64. The number of fused-ring (bicyclic) bond motifs is 1. The second-order valence-corrected chi connectivity index (χ2v) is 6.82. The summed E-state index contributed by atoms with van der Waals surface area (Å²) in [5.74, 6) is 0. The lowest BCUT2D eigenvalue weighted by molar-refractivity contribution is 0.180. The van der Waals surface area contributed by atoms with Crippen LogP contribution in [0.15, 0.2) is 41.3 Å². The van der Waals surface area contributed by atoms with Crippen molar-refractivity contribution in [2.24, 2.45) is 0 Å². The van der Waals surface area contributed by atoms with Crippen LogP contribution in [0.3, 0.4) is 0 Å². The molecule has 2 aromatic heterocycles. The van der Waals surface area contributed by atoms with Crippen LogP contribution in [0, 0.1) is 0 Å². The number of benzene rings is 1. The number of ether oxygens (including phenoxy) is 1. The van der Waals surface area contributed by atoms with Gasteiger partial charge in [-0.25, -0.2) is 4.98 Å². The van der Waals surface area contributed by atoms with Gasteiger partial charge in [0, 0.05) is 49.4 Å². The Hall–Kier alpha value is -2.15. The average molecular weight is 373 g/mol. The van der Waals surface area contributed by atoms with Gasteiger partial charge in [-0.3, -0.25) is 9.58 Å². The lowest BCUT2D eigenvalue weighted by Gasteiger charge is -2.28. The number of rotatable bonds is 6. The molecule has 1 aromatic carbocycles. The van der Waals surface area contributed by atoms with Crippen molar-refractivity contribution in [3.8, 4) is 11.4 Å². The first-order valence-corrected chi connectivity index (χ1v) is 9.06. The fraction of sp³-hybridized carbons (Fsp3) is 0.368. The molecular weight excluding hydrogens is 352 g/mol. The van der Waals surface area contributed by atoms with E-state index in [9.17, 15) is 0 Å². The van der Waals surface area contributed by atoms with E-state index in [4.69, 9.17) is 25.9 Å². The molecule has 0 amide bonds. The first-order valence-electron chi connectivity index (χ1n) is 8.68. The SMILES string of the molecule is COCCn1nc(-c2cocn2)c2c1CCN(Cc1ccccc1Cl)C2. The van der Waals surface area contributed by atoms with Gasteiger partial charge in [-0.1, -0.05) is 29.8 Å². The van der Waals surface area contributed by atoms with Gasteiger partial charge in [-0.2, -0.15) is 5.10 Å². The van der Waals surface area contributed by atoms with E-state index in [1.165, 1.54) is 17.7 Å². The molecule has 0 aliphatic carbocycles. The third kappa shape index (κ3) is 3.40. The van der Waals surface area contributed by atoms with E-state index >= 15 is 0 Å². The lowest BCUT2D eigenvalue weighted by atomic mass is 10.0. The molecule has 0 N–H and O–H groups in total. The van der Waals surface area contributed by atoms with Gasteiger partial charge in [0.2, 0.25) is 0 Å². The molecule has 0 unspecified atom stereocenters.